The molecule has 3 aromatic carbocycles. The summed E-state index contributed by atoms with van der Waals surface area (Å²) in [6, 6.07) is 30.4. The van der Waals surface area contributed by atoms with Crippen molar-refractivity contribution in [2.75, 3.05) is 13.1 Å². The van der Waals surface area contributed by atoms with Crippen molar-refractivity contribution in [3.05, 3.63) is 114 Å². The van der Waals surface area contributed by atoms with Gasteiger partial charge in [0, 0.05) is 37.0 Å². The molecule has 4 nitrogen and oxygen atoms in total. The molecule has 2 amide bonds. The third-order valence-electron chi connectivity index (χ3n) is 6.58. The van der Waals surface area contributed by atoms with Crippen LogP contribution in [-0.2, 0) is 9.59 Å². The number of carbonyl (C=O) groups excluding carboxylic acids is 2. The number of nitrogens with one attached hydrogen (secondary N) is 1. The van der Waals surface area contributed by atoms with Gasteiger partial charge in [0.25, 0.3) is 0 Å². The predicted octanol–water partition coefficient (Wildman–Crippen LogP) is 5.28. The number of benzene rings is 3. The molecule has 0 aliphatic carbocycles. The molecule has 1 aliphatic rings. The number of hydrogen-bond donors (Lipinski definition) is 1. The van der Waals surface area contributed by atoms with Gasteiger partial charge < -0.3 is 10.2 Å². The highest BCUT2D eigenvalue weighted by Crippen LogP contribution is 2.28. The fourth-order valence-electron chi connectivity index (χ4n) is 4.72. The molecule has 174 valence electrons. The molecule has 0 spiro atoms. The Hall–Kier alpha value is -3.66. The SMILES string of the molecule is CC(NC(=O)C1CCN(C(=O)/C=C/c2ccccc2)CC1)C(c1ccccc1)c1ccccc1. The van der Waals surface area contributed by atoms with E-state index in [4.69, 9.17) is 0 Å². The summed E-state index contributed by atoms with van der Waals surface area (Å²) >= 11 is 0. The van der Waals surface area contributed by atoms with Crippen molar-refractivity contribution in [2.24, 2.45) is 5.92 Å². The van der Waals surface area contributed by atoms with E-state index in [0.29, 0.717) is 25.9 Å². The van der Waals surface area contributed by atoms with E-state index in [1.807, 2.05) is 77.7 Å². The molecule has 1 unspecified atom stereocenters. The van der Waals surface area contributed by atoms with E-state index in [-0.39, 0.29) is 29.7 Å². The summed E-state index contributed by atoms with van der Waals surface area (Å²) in [5.74, 6) is 0.0912. The van der Waals surface area contributed by atoms with Crippen LogP contribution in [0.4, 0.5) is 0 Å². The molecule has 4 rings (SSSR count). The van der Waals surface area contributed by atoms with E-state index in [2.05, 4.69) is 36.5 Å². The van der Waals surface area contributed by atoms with Gasteiger partial charge in [0.15, 0.2) is 0 Å². The lowest BCUT2D eigenvalue weighted by atomic mass is 9.85. The molecule has 0 radical (unpaired) electrons. The zero-order valence-electron chi connectivity index (χ0n) is 19.6. The number of amides is 2. The number of likely N-dealkylation sites (tertiary alicyclic amines) is 1. The minimum absolute atomic E-state index is 0.00398. The predicted molar refractivity (Wildman–Crippen MR) is 137 cm³/mol. The van der Waals surface area contributed by atoms with E-state index in [9.17, 15) is 9.59 Å². The summed E-state index contributed by atoms with van der Waals surface area (Å²) in [5, 5.41) is 3.28. The van der Waals surface area contributed by atoms with Crippen molar-refractivity contribution < 1.29 is 9.59 Å². The molecule has 4 heteroatoms. The zero-order valence-corrected chi connectivity index (χ0v) is 19.6. The molecule has 1 heterocycles. The molecular weight excluding hydrogens is 420 g/mol. The Morgan fingerprint density at radius 2 is 1.32 bits per heavy atom. The van der Waals surface area contributed by atoms with E-state index in [0.717, 1.165) is 5.56 Å². The van der Waals surface area contributed by atoms with Gasteiger partial charge in [-0.25, -0.2) is 0 Å². The van der Waals surface area contributed by atoms with Crippen LogP contribution in [0.1, 0.15) is 42.4 Å². The zero-order chi connectivity index (χ0) is 23.8. The molecular formula is C30H32N2O2. The maximum absolute atomic E-state index is 13.1. The van der Waals surface area contributed by atoms with Crippen LogP contribution in [0.2, 0.25) is 0 Å². The second-order valence-electron chi connectivity index (χ2n) is 8.94. The standard InChI is InChI=1S/C30H32N2O2/c1-23(29(25-13-7-3-8-14-25)26-15-9-4-10-16-26)31-30(34)27-19-21-32(22-20-27)28(33)18-17-24-11-5-2-6-12-24/h2-18,23,27,29H,19-22H2,1H3,(H,31,34)/b18-17+. The maximum Gasteiger partial charge on any atom is 0.246 e. The van der Waals surface area contributed by atoms with Gasteiger partial charge >= 0.3 is 0 Å². The highest BCUT2D eigenvalue weighted by atomic mass is 16.2. The Labute approximate surface area is 202 Å². The first kappa shape index (κ1) is 23.5. The first-order valence-corrected chi connectivity index (χ1v) is 12.0. The highest BCUT2D eigenvalue weighted by molar-refractivity contribution is 5.92. The first-order chi connectivity index (χ1) is 16.6. The Morgan fingerprint density at radius 3 is 1.85 bits per heavy atom. The molecule has 0 saturated carbocycles. The van der Waals surface area contributed by atoms with Crippen molar-refractivity contribution in [1.29, 1.82) is 0 Å². The smallest absolute Gasteiger partial charge is 0.246 e. The molecule has 1 atom stereocenters. The van der Waals surface area contributed by atoms with Crippen molar-refractivity contribution in [3.8, 4) is 0 Å². The van der Waals surface area contributed by atoms with Gasteiger partial charge in [0.05, 0.1) is 0 Å². The van der Waals surface area contributed by atoms with Crippen molar-refractivity contribution in [3.63, 3.8) is 0 Å². The largest absolute Gasteiger partial charge is 0.352 e. The lowest BCUT2D eigenvalue weighted by Crippen LogP contribution is -2.45. The number of piperidine rings is 1. The van der Waals surface area contributed by atoms with Crippen LogP contribution in [0, 0.1) is 5.92 Å². The Morgan fingerprint density at radius 1 is 0.824 bits per heavy atom. The van der Waals surface area contributed by atoms with Crippen molar-refractivity contribution >= 4 is 17.9 Å². The summed E-state index contributed by atoms with van der Waals surface area (Å²) in [6.45, 7) is 3.28. The summed E-state index contributed by atoms with van der Waals surface area (Å²) in [5.41, 5.74) is 3.38. The van der Waals surface area contributed by atoms with Gasteiger partial charge in [0.2, 0.25) is 11.8 Å². The molecule has 34 heavy (non-hydrogen) atoms. The molecule has 1 fully saturated rings. The second-order valence-corrected chi connectivity index (χ2v) is 8.94. The highest BCUT2D eigenvalue weighted by Gasteiger charge is 2.29. The van der Waals surface area contributed by atoms with Gasteiger partial charge in [0.1, 0.15) is 0 Å². The van der Waals surface area contributed by atoms with Gasteiger partial charge in [-0.1, -0.05) is 91.0 Å². The van der Waals surface area contributed by atoms with Crippen LogP contribution in [0.25, 0.3) is 6.08 Å². The Balaban J connectivity index is 1.34. The Bertz CT molecular complexity index is 1050. The Kier molecular flexibility index (Phi) is 7.92. The first-order valence-electron chi connectivity index (χ1n) is 12.0. The van der Waals surface area contributed by atoms with E-state index in [1.165, 1.54) is 11.1 Å². The van der Waals surface area contributed by atoms with Crippen LogP contribution in [0.5, 0.6) is 0 Å². The van der Waals surface area contributed by atoms with Gasteiger partial charge in [-0.3, -0.25) is 9.59 Å². The summed E-state index contributed by atoms with van der Waals surface area (Å²) < 4.78 is 0. The topological polar surface area (TPSA) is 49.4 Å². The quantitative estimate of drug-likeness (QED) is 0.496. The minimum atomic E-state index is -0.0724. The van der Waals surface area contributed by atoms with Gasteiger partial charge in [-0.05, 0) is 42.5 Å². The van der Waals surface area contributed by atoms with Crippen LogP contribution in [0.15, 0.2) is 97.1 Å². The third kappa shape index (κ3) is 6.02. The van der Waals surface area contributed by atoms with Crippen molar-refractivity contribution in [2.45, 2.75) is 31.7 Å². The lowest BCUT2D eigenvalue weighted by Gasteiger charge is -2.32. The summed E-state index contributed by atoms with van der Waals surface area (Å²) in [7, 11) is 0. The third-order valence-corrected chi connectivity index (χ3v) is 6.58. The summed E-state index contributed by atoms with van der Waals surface area (Å²) in [4.78, 5) is 27.5. The molecule has 3 aromatic rings. The monoisotopic (exact) mass is 452 g/mol. The maximum atomic E-state index is 13.1. The van der Waals surface area contributed by atoms with Gasteiger partial charge in [-0.2, -0.15) is 0 Å². The van der Waals surface area contributed by atoms with Crippen LogP contribution in [-0.4, -0.2) is 35.8 Å². The fraction of sp³-hybridized carbons (Fsp3) is 0.267. The van der Waals surface area contributed by atoms with E-state index < -0.39 is 0 Å². The van der Waals surface area contributed by atoms with Crippen LogP contribution < -0.4 is 5.32 Å². The lowest BCUT2D eigenvalue weighted by molar-refractivity contribution is -0.132. The number of carbonyl (C=O) groups is 2. The van der Waals surface area contributed by atoms with E-state index in [1.54, 1.807) is 6.08 Å². The minimum Gasteiger partial charge on any atom is -0.352 e. The van der Waals surface area contributed by atoms with Crippen LogP contribution in [0.3, 0.4) is 0 Å². The molecule has 1 aliphatic heterocycles. The summed E-state index contributed by atoms with van der Waals surface area (Å²) in [6.07, 6.45) is 4.84. The molecule has 0 aromatic heterocycles. The molecule has 0 bridgehead atoms. The number of nitrogens with zero attached hydrogens (tertiary/aromatic N) is 1. The normalized spacial score (nSPS) is 15.4. The average molecular weight is 453 g/mol. The van der Waals surface area contributed by atoms with Gasteiger partial charge in [-0.15, -0.1) is 0 Å². The van der Waals surface area contributed by atoms with Crippen molar-refractivity contribution in [1.82, 2.24) is 10.2 Å². The van der Waals surface area contributed by atoms with Crippen LogP contribution >= 0.6 is 0 Å². The van der Waals surface area contributed by atoms with E-state index >= 15 is 0 Å². The second kappa shape index (κ2) is 11.5. The number of rotatable bonds is 7. The molecule has 1 N–H and O–H groups in total. The fourth-order valence-corrected chi connectivity index (χ4v) is 4.72. The number of hydrogen-bond acceptors (Lipinski definition) is 2. The average Bonchev–Trinajstić information content (AvgIpc) is 2.89. The molecule has 1 saturated heterocycles.